The molecule has 0 nitrogen and oxygen atoms in total. The Morgan fingerprint density at radius 1 is 0.941 bits per heavy atom. The minimum absolute atomic E-state index is 0.284. The summed E-state index contributed by atoms with van der Waals surface area (Å²) >= 11 is 0. The van der Waals surface area contributed by atoms with Gasteiger partial charge < -0.3 is 0 Å². The van der Waals surface area contributed by atoms with E-state index in [9.17, 15) is 22.0 Å². The highest BCUT2D eigenvalue weighted by Gasteiger charge is 2.56. The number of halogens is 5. The van der Waals surface area contributed by atoms with Crippen LogP contribution in [-0.2, 0) is 6.42 Å². The number of alkyl halides is 5. The smallest absolute Gasteiger partial charge is 0.196 e. The highest BCUT2D eigenvalue weighted by Crippen LogP contribution is 2.38. The van der Waals surface area contributed by atoms with Gasteiger partial charge in [0.25, 0.3) is 0 Å². The van der Waals surface area contributed by atoms with Gasteiger partial charge in [-0.15, -0.1) is 0 Å². The van der Waals surface area contributed by atoms with E-state index >= 15 is 0 Å². The summed E-state index contributed by atoms with van der Waals surface area (Å²) in [6.07, 6.45) is -6.96. The summed E-state index contributed by atoms with van der Waals surface area (Å²) in [7, 11) is 0. The molecule has 0 heterocycles. The van der Waals surface area contributed by atoms with E-state index in [4.69, 9.17) is 0 Å². The molecule has 0 bridgehead atoms. The molecule has 1 aromatic carbocycles. The second kappa shape index (κ2) is 4.63. The first-order valence-corrected chi connectivity index (χ1v) is 5.14. The van der Waals surface area contributed by atoms with E-state index in [1.165, 1.54) is 0 Å². The van der Waals surface area contributed by atoms with Gasteiger partial charge in [-0.3, -0.25) is 0 Å². The molecular formula is C12H13F5. The van der Waals surface area contributed by atoms with Gasteiger partial charge in [0.2, 0.25) is 0 Å². The van der Waals surface area contributed by atoms with Crippen molar-refractivity contribution in [2.45, 2.75) is 38.8 Å². The normalized spacial score (nSPS) is 12.9. The first-order chi connectivity index (χ1) is 7.63. The lowest BCUT2D eigenvalue weighted by Crippen LogP contribution is -2.36. The van der Waals surface area contributed by atoms with Gasteiger partial charge in [-0.1, -0.05) is 18.2 Å². The first-order valence-electron chi connectivity index (χ1n) is 5.14. The number of rotatable bonds is 3. The summed E-state index contributed by atoms with van der Waals surface area (Å²) in [5, 5.41) is 0. The summed E-state index contributed by atoms with van der Waals surface area (Å²) < 4.78 is 61.1. The third-order valence-electron chi connectivity index (χ3n) is 2.71. The predicted octanol–water partition coefficient (Wildman–Crippen LogP) is 4.43. The standard InChI is InChI=1S/C12H13F5/c1-8-3-4-10(7-9(8)2)5-6-11(13,14)12(15,16)17/h3-4,7H,5-6H2,1-2H3. The fourth-order valence-corrected chi connectivity index (χ4v) is 1.40. The lowest BCUT2D eigenvalue weighted by Gasteiger charge is -2.19. The Bertz CT molecular complexity index is 392. The van der Waals surface area contributed by atoms with Gasteiger partial charge >= 0.3 is 12.1 Å². The van der Waals surface area contributed by atoms with Gasteiger partial charge in [-0.2, -0.15) is 22.0 Å². The number of aryl methyl sites for hydroxylation is 3. The van der Waals surface area contributed by atoms with Crippen molar-refractivity contribution in [1.29, 1.82) is 0 Å². The highest BCUT2D eigenvalue weighted by atomic mass is 19.4. The van der Waals surface area contributed by atoms with E-state index in [1.807, 2.05) is 6.92 Å². The minimum atomic E-state index is -5.47. The van der Waals surface area contributed by atoms with Crippen molar-refractivity contribution in [3.63, 3.8) is 0 Å². The lowest BCUT2D eigenvalue weighted by atomic mass is 10.0. The van der Waals surface area contributed by atoms with Crippen LogP contribution < -0.4 is 0 Å². The van der Waals surface area contributed by atoms with Gasteiger partial charge in [-0.05, 0) is 37.0 Å². The fraction of sp³-hybridized carbons (Fsp3) is 0.500. The van der Waals surface area contributed by atoms with Crippen LogP contribution in [-0.4, -0.2) is 12.1 Å². The summed E-state index contributed by atoms with van der Waals surface area (Å²) in [4.78, 5) is 0. The van der Waals surface area contributed by atoms with E-state index in [0.29, 0.717) is 5.56 Å². The zero-order valence-corrected chi connectivity index (χ0v) is 9.54. The molecule has 0 amide bonds. The molecule has 1 rings (SSSR count). The van der Waals surface area contributed by atoms with Crippen molar-refractivity contribution in [3.8, 4) is 0 Å². The zero-order chi connectivity index (χ0) is 13.3. The first kappa shape index (κ1) is 13.9. The fourth-order valence-electron chi connectivity index (χ4n) is 1.40. The Kier molecular flexibility index (Phi) is 3.79. The molecule has 0 N–H and O–H groups in total. The van der Waals surface area contributed by atoms with Crippen LogP contribution in [0.4, 0.5) is 22.0 Å². The van der Waals surface area contributed by atoms with Crippen molar-refractivity contribution in [2.75, 3.05) is 0 Å². The van der Waals surface area contributed by atoms with Gasteiger partial charge in [0, 0.05) is 6.42 Å². The summed E-state index contributed by atoms with van der Waals surface area (Å²) in [6, 6.07) is 4.94. The molecule has 0 atom stereocenters. The quantitative estimate of drug-likeness (QED) is 0.698. The van der Waals surface area contributed by atoms with Crippen molar-refractivity contribution in [3.05, 3.63) is 34.9 Å². The van der Waals surface area contributed by atoms with E-state index in [-0.39, 0.29) is 6.42 Å². The van der Waals surface area contributed by atoms with Gasteiger partial charge in [0.1, 0.15) is 0 Å². The average molecular weight is 252 g/mol. The van der Waals surface area contributed by atoms with Crippen molar-refractivity contribution in [2.24, 2.45) is 0 Å². The van der Waals surface area contributed by atoms with Crippen LogP contribution in [0.2, 0.25) is 0 Å². The lowest BCUT2D eigenvalue weighted by molar-refractivity contribution is -0.284. The van der Waals surface area contributed by atoms with Crippen LogP contribution in [0.1, 0.15) is 23.1 Å². The molecule has 0 saturated carbocycles. The third kappa shape index (κ3) is 3.41. The largest absolute Gasteiger partial charge is 0.453 e. The Balaban J connectivity index is 2.71. The van der Waals surface area contributed by atoms with Gasteiger partial charge in [0.05, 0.1) is 0 Å². The molecule has 0 unspecified atom stereocenters. The monoisotopic (exact) mass is 252 g/mol. The van der Waals surface area contributed by atoms with Crippen LogP contribution in [0.15, 0.2) is 18.2 Å². The Labute approximate surface area is 96.4 Å². The van der Waals surface area contributed by atoms with Crippen LogP contribution in [0.5, 0.6) is 0 Å². The second-order valence-electron chi connectivity index (χ2n) is 4.12. The second-order valence-corrected chi connectivity index (χ2v) is 4.12. The Morgan fingerprint density at radius 3 is 2.00 bits per heavy atom. The number of hydrogen-bond acceptors (Lipinski definition) is 0. The molecule has 0 aliphatic heterocycles. The van der Waals surface area contributed by atoms with Crippen LogP contribution in [0.25, 0.3) is 0 Å². The summed E-state index contributed by atoms with van der Waals surface area (Å²) in [5.74, 6) is -4.62. The minimum Gasteiger partial charge on any atom is -0.196 e. The maximum Gasteiger partial charge on any atom is 0.453 e. The maximum absolute atomic E-state index is 12.7. The van der Waals surface area contributed by atoms with Crippen molar-refractivity contribution in [1.82, 2.24) is 0 Å². The molecule has 96 valence electrons. The molecular weight excluding hydrogens is 239 g/mol. The van der Waals surface area contributed by atoms with E-state index in [2.05, 4.69) is 0 Å². The molecule has 5 heteroatoms. The van der Waals surface area contributed by atoms with Crippen LogP contribution in [0.3, 0.4) is 0 Å². The Morgan fingerprint density at radius 2 is 1.53 bits per heavy atom. The number of hydrogen-bond donors (Lipinski definition) is 0. The van der Waals surface area contributed by atoms with Crippen molar-refractivity contribution < 1.29 is 22.0 Å². The SMILES string of the molecule is Cc1ccc(CCC(F)(F)C(F)(F)F)cc1C. The van der Waals surface area contributed by atoms with Crippen LogP contribution >= 0.6 is 0 Å². The molecule has 0 fully saturated rings. The van der Waals surface area contributed by atoms with Gasteiger partial charge in [-0.25, -0.2) is 0 Å². The third-order valence-corrected chi connectivity index (χ3v) is 2.71. The molecule has 0 aromatic heterocycles. The summed E-state index contributed by atoms with van der Waals surface area (Å²) in [6.45, 7) is 3.64. The zero-order valence-electron chi connectivity index (χ0n) is 9.54. The van der Waals surface area contributed by atoms with E-state index in [1.54, 1.807) is 25.1 Å². The summed E-state index contributed by atoms with van der Waals surface area (Å²) in [5.41, 5.74) is 2.37. The molecule has 0 aliphatic carbocycles. The average Bonchev–Trinajstić information content (AvgIpc) is 2.18. The highest BCUT2D eigenvalue weighted by molar-refractivity contribution is 5.30. The molecule has 0 aliphatic rings. The van der Waals surface area contributed by atoms with Gasteiger partial charge in [0.15, 0.2) is 0 Å². The van der Waals surface area contributed by atoms with E-state index < -0.39 is 18.5 Å². The molecule has 0 spiro atoms. The van der Waals surface area contributed by atoms with E-state index in [0.717, 1.165) is 11.1 Å². The van der Waals surface area contributed by atoms with Crippen LogP contribution in [0, 0.1) is 13.8 Å². The Hall–Kier alpha value is -1.13. The predicted molar refractivity (Wildman–Crippen MR) is 55.2 cm³/mol. The molecule has 0 radical (unpaired) electrons. The molecule has 17 heavy (non-hydrogen) atoms. The molecule has 1 aromatic rings. The topological polar surface area (TPSA) is 0 Å². The van der Waals surface area contributed by atoms with Crippen molar-refractivity contribution >= 4 is 0 Å². The molecule has 0 saturated heterocycles. The number of benzene rings is 1. The maximum atomic E-state index is 12.7.